The Morgan fingerprint density at radius 3 is 2.80 bits per heavy atom. The molecular weight excluding hydrogens is 276 g/mol. The maximum Gasteiger partial charge on any atom is 0.198 e. The molecule has 1 aromatic rings. The summed E-state index contributed by atoms with van der Waals surface area (Å²) in [5.74, 6) is 0.766. The number of hydrogen-bond acceptors (Lipinski definition) is 4. The van der Waals surface area contributed by atoms with Crippen LogP contribution < -0.4 is 5.73 Å². The lowest BCUT2D eigenvalue weighted by Crippen LogP contribution is -2.45. The third-order valence-electron chi connectivity index (χ3n) is 4.05. The van der Waals surface area contributed by atoms with Crippen LogP contribution in [0.3, 0.4) is 0 Å². The summed E-state index contributed by atoms with van der Waals surface area (Å²) in [6, 6.07) is 1.59. The third-order valence-corrected chi connectivity index (χ3v) is 4.25. The molecule has 2 rings (SSSR count). The van der Waals surface area contributed by atoms with Gasteiger partial charge in [0.2, 0.25) is 0 Å². The number of ketones is 1. The molecule has 1 saturated carbocycles. The zero-order valence-corrected chi connectivity index (χ0v) is 12.7. The van der Waals surface area contributed by atoms with Crippen molar-refractivity contribution in [1.82, 2.24) is 4.98 Å². The first kappa shape index (κ1) is 15.3. The van der Waals surface area contributed by atoms with Crippen molar-refractivity contribution in [3.8, 4) is 0 Å². The molecule has 110 valence electrons. The second kappa shape index (κ2) is 6.10. The number of nitrogens with two attached hydrogens (primary N) is 1. The van der Waals surface area contributed by atoms with E-state index in [9.17, 15) is 4.79 Å². The summed E-state index contributed by atoms with van der Waals surface area (Å²) in [6.07, 6.45) is 4.88. The lowest BCUT2D eigenvalue weighted by atomic mass is 9.75. The lowest BCUT2D eigenvalue weighted by Gasteiger charge is -2.38. The van der Waals surface area contributed by atoms with Gasteiger partial charge in [0.25, 0.3) is 0 Å². The van der Waals surface area contributed by atoms with Gasteiger partial charge in [0, 0.05) is 12.8 Å². The first-order valence-corrected chi connectivity index (χ1v) is 7.46. The van der Waals surface area contributed by atoms with Gasteiger partial charge >= 0.3 is 0 Å². The highest BCUT2D eigenvalue weighted by atomic mass is 35.5. The molecule has 5 heteroatoms. The van der Waals surface area contributed by atoms with Crippen LogP contribution in [0.2, 0.25) is 5.02 Å². The van der Waals surface area contributed by atoms with Crippen molar-refractivity contribution in [1.29, 1.82) is 0 Å². The molecular formula is C15H21ClN2O2. The summed E-state index contributed by atoms with van der Waals surface area (Å²) in [7, 11) is 0. The maximum atomic E-state index is 12.9. The summed E-state index contributed by atoms with van der Waals surface area (Å²) < 4.78 is 5.85. The molecule has 0 aromatic carbocycles. The summed E-state index contributed by atoms with van der Waals surface area (Å²) in [6.45, 7) is 4.62. The van der Waals surface area contributed by atoms with Gasteiger partial charge in [-0.3, -0.25) is 4.79 Å². The number of ether oxygens (including phenoxy) is 1. The number of pyridine rings is 1. The molecule has 0 aliphatic heterocycles. The highest BCUT2D eigenvalue weighted by Gasteiger charge is 2.43. The molecule has 0 bridgehead atoms. The minimum atomic E-state index is -0.762. The van der Waals surface area contributed by atoms with Gasteiger partial charge in [0.15, 0.2) is 5.78 Å². The van der Waals surface area contributed by atoms with Crippen molar-refractivity contribution in [3.63, 3.8) is 0 Å². The summed E-state index contributed by atoms with van der Waals surface area (Å²) >= 11 is 5.93. The first-order chi connectivity index (χ1) is 9.48. The second-order valence-electron chi connectivity index (χ2n) is 5.53. The van der Waals surface area contributed by atoms with Gasteiger partial charge in [0.1, 0.15) is 11.4 Å². The summed E-state index contributed by atoms with van der Waals surface area (Å²) in [5, 5.41) is 0.415. The highest BCUT2D eigenvalue weighted by molar-refractivity contribution is 6.31. The minimum absolute atomic E-state index is 0.0845. The van der Waals surface area contributed by atoms with Crippen LogP contribution in [0.25, 0.3) is 0 Å². The fourth-order valence-corrected chi connectivity index (χ4v) is 2.98. The summed E-state index contributed by atoms with van der Waals surface area (Å²) in [4.78, 5) is 16.9. The number of aromatic nitrogens is 1. The predicted octanol–water partition coefficient (Wildman–Crippen LogP) is 3.49. The lowest BCUT2D eigenvalue weighted by molar-refractivity contribution is -0.0473. The molecule has 20 heavy (non-hydrogen) atoms. The first-order valence-electron chi connectivity index (χ1n) is 7.08. The van der Waals surface area contributed by atoms with Crippen LogP contribution >= 0.6 is 11.6 Å². The van der Waals surface area contributed by atoms with E-state index in [-0.39, 0.29) is 11.6 Å². The Balaban J connectivity index is 2.34. The van der Waals surface area contributed by atoms with Crippen LogP contribution in [0.15, 0.2) is 12.3 Å². The van der Waals surface area contributed by atoms with Crippen LogP contribution in [0, 0.1) is 5.92 Å². The van der Waals surface area contributed by atoms with E-state index in [1.165, 1.54) is 6.20 Å². The fraction of sp³-hybridized carbons (Fsp3) is 0.600. The van der Waals surface area contributed by atoms with Gasteiger partial charge < -0.3 is 10.5 Å². The molecule has 0 saturated heterocycles. The van der Waals surface area contributed by atoms with Crippen LogP contribution in [-0.2, 0) is 4.74 Å². The fourth-order valence-electron chi connectivity index (χ4n) is 2.82. The number of halogens is 1. The van der Waals surface area contributed by atoms with E-state index < -0.39 is 5.60 Å². The highest BCUT2D eigenvalue weighted by Crippen LogP contribution is 2.38. The van der Waals surface area contributed by atoms with Crippen LogP contribution in [0.4, 0.5) is 5.82 Å². The monoisotopic (exact) mass is 296 g/mol. The maximum absolute atomic E-state index is 12.9. The number of rotatable bonds is 4. The van der Waals surface area contributed by atoms with Gasteiger partial charge in [-0.15, -0.1) is 0 Å². The average Bonchev–Trinajstić information content (AvgIpc) is 2.44. The molecule has 1 fully saturated rings. The van der Waals surface area contributed by atoms with Gasteiger partial charge in [-0.05, 0) is 44.6 Å². The minimum Gasteiger partial charge on any atom is -0.383 e. The largest absolute Gasteiger partial charge is 0.383 e. The normalized spacial score (nSPS) is 26.4. The van der Waals surface area contributed by atoms with Crippen molar-refractivity contribution in [3.05, 3.63) is 22.8 Å². The Bertz CT molecular complexity index is 497. The molecule has 0 spiro atoms. The Morgan fingerprint density at radius 2 is 2.20 bits per heavy atom. The Morgan fingerprint density at radius 1 is 1.55 bits per heavy atom. The number of carbonyl (C=O) groups excluding carboxylic acids is 1. The number of Topliss-reactive ketones (excluding diaryl/α,β-unsaturated/α-hetero) is 1. The van der Waals surface area contributed by atoms with Crippen molar-refractivity contribution >= 4 is 23.2 Å². The predicted molar refractivity (Wildman–Crippen MR) is 80.0 cm³/mol. The average molecular weight is 297 g/mol. The number of carbonyl (C=O) groups is 1. The van der Waals surface area contributed by atoms with E-state index in [1.54, 1.807) is 6.07 Å². The van der Waals surface area contributed by atoms with Gasteiger partial charge in [-0.1, -0.05) is 18.5 Å². The van der Waals surface area contributed by atoms with Crippen molar-refractivity contribution < 1.29 is 9.53 Å². The van der Waals surface area contributed by atoms with E-state index in [4.69, 9.17) is 22.1 Å². The van der Waals surface area contributed by atoms with Gasteiger partial charge in [-0.2, -0.15) is 0 Å². The number of anilines is 1. The van der Waals surface area contributed by atoms with E-state index in [0.717, 1.165) is 25.7 Å². The molecule has 1 aromatic heterocycles. The van der Waals surface area contributed by atoms with E-state index in [2.05, 4.69) is 11.9 Å². The number of nitrogen functional groups attached to an aromatic ring is 1. The van der Waals surface area contributed by atoms with Crippen LogP contribution in [-0.4, -0.2) is 23.0 Å². The topological polar surface area (TPSA) is 65.2 Å². The van der Waals surface area contributed by atoms with Gasteiger partial charge in [-0.25, -0.2) is 4.98 Å². The molecule has 1 aliphatic carbocycles. The van der Waals surface area contributed by atoms with Crippen molar-refractivity contribution in [2.24, 2.45) is 5.92 Å². The molecule has 1 heterocycles. The summed E-state index contributed by atoms with van der Waals surface area (Å²) in [5.41, 5.74) is 5.45. The molecule has 2 N–H and O–H groups in total. The zero-order valence-electron chi connectivity index (χ0n) is 12.0. The molecule has 0 atom stereocenters. The van der Waals surface area contributed by atoms with E-state index >= 15 is 0 Å². The van der Waals surface area contributed by atoms with E-state index in [0.29, 0.717) is 23.1 Å². The third kappa shape index (κ3) is 2.96. The number of nitrogens with zero attached hydrogens (tertiary/aromatic N) is 1. The standard InChI is InChI=1S/C15H21ClN2O2/c1-3-20-15(6-4-10(2)5-7-15)13(19)12-8-11(16)9-18-14(12)17/h8-10H,3-7H2,1-2H3,(H2,17,18). The SMILES string of the molecule is CCOC1(C(=O)c2cc(Cl)cnc2N)CCC(C)CC1. The quantitative estimate of drug-likeness (QED) is 0.864. The molecule has 1 aliphatic rings. The van der Waals surface area contributed by atoms with Crippen LogP contribution in [0.1, 0.15) is 49.9 Å². The number of hydrogen-bond donors (Lipinski definition) is 1. The van der Waals surface area contributed by atoms with Crippen molar-refractivity contribution in [2.75, 3.05) is 12.3 Å². The van der Waals surface area contributed by atoms with Crippen LogP contribution in [0.5, 0.6) is 0 Å². The van der Waals surface area contributed by atoms with Crippen molar-refractivity contribution in [2.45, 2.75) is 45.1 Å². The Labute approximate surface area is 124 Å². The Hall–Kier alpha value is -1.13. The molecule has 0 unspecified atom stereocenters. The van der Waals surface area contributed by atoms with Gasteiger partial charge in [0.05, 0.1) is 10.6 Å². The zero-order chi connectivity index (χ0) is 14.8. The second-order valence-corrected chi connectivity index (χ2v) is 5.96. The smallest absolute Gasteiger partial charge is 0.198 e. The molecule has 0 amide bonds. The van der Waals surface area contributed by atoms with E-state index in [1.807, 2.05) is 6.92 Å². The molecule has 4 nitrogen and oxygen atoms in total. The molecule has 0 radical (unpaired) electrons. The Kier molecular flexibility index (Phi) is 4.66.